The van der Waals surface area contributed by atoms with E-state index < -0.39 is 11.7 Å². The van der Waals surface area contributed by atoms with Crippen molar-refractivity contribution in [2.45, 2.75) is 26.1 Å². The molecule has 0 bridgehead atoms. The van der Waals surface area contributed by atoms with E-state index in [1.54, 1.807) is 4.68 Å². The summed E-state index contributed by atoms with van der Waals surface area (Å²) in [4.78, 5) is 1.43. The van der Waals surface area contributed by atoms with Gasteiger partial charge in [0.05, 0.1) is 11.3 Å². The highest BCUT2D eigenvalue weighted by Gasteiger charge is 2.29. The number of nitrogens with zero attached hydrogens (tertiary/aromatic N) is 6. The zero-order valence-corrected chi connectivity index (χ0v) is 13.1. The molecular formula is C15H15F3N6. The summed E-state index contributed by atoms with van der Waals surface area (Å²) in [5.41, 5.74) is 1.89. The van der Waals surface area contributed by atoms with E-state index in [1.807, 2.05) is 20.2 Å². The fraction of sp³-hybridized carbons (Fsp3) is 0.333. The highest BCUT2D eigenvalue weighted by Crippen LogP contribution is 2.29. The molecule has 0 atom stereocenters. The average Bonchev–Trinajstić information content (AvgIpc) is 3.05. The first-order valence-corrected chi connectivity index (χ1v) is 7.23. The summed E-state index contributed by atoms with van der Waals surface area (Å²) < 4.78 is 39.3. The maximum Gasteiger partial charge on any atom is 0.416 e. The highest BCUT2D eigenvalue weighted by molar-refractivity contribution is 5.26. The zero-order valence-electron chi connectivity index (χ0n) is 13.1. The van der Waals surface area contributed by atoms with Gasteiger partial charge in [-0.15, -0.1) is 10.2 Å². The van der Waals surface area contributed by atoms with E-state index in [0.717, 1.165) is 23.4 Å². The van der Waals surface area contributed by atoms with Gasteiger partial charge in [0.15, 0.2) is 5.82 Å². The van der Waals surface area contributed by atoms with Crippen molar-refractivity contribution in [3.05, 3.63) is 58.7 Å². The molecule has 0 fully saturated rings. The lowest BCUT2D eigenvalue weighted by Gasteiger charge is -2.06. The number of aryl methyl sites for hydroxylation is 2. The van der Waals surface area contributed by atoms with E-state index in [4.69, 9.17) is 0 Å². The van der Waals surface area contributed by atoms with Gasteiger partial charge in [-0.3, -0.25) is 4.68 Å². The molecule has 1 aromatic carbocycles. The van der Waals surface area contributed by atoms with Gasteiger partial charge in [0.1, 0.15) is 6.54 Å². The minimum atomic E-state index is -4.33. The number of hydrogen-bond donors (Lipinski definition) is 0. The van der Waals surface area contributed by atoms with E-state index in [9.17, 15) is 13.2 Å². The molecule has 0 saturated carbocycles. The van der Waals surface area contributed by atoms with Crippen LogP contribution in [0.15, 0.2) is 30.5 Å². The molecule has 0 radical (unpaired) electrons. The standard InChI is InChI=1S/C15H15F3N6/c1-10-8-23(2)20-13(10)9-24-21-14(19-22-24)7-11-3-5-12(6-4-11)15(16,17)18/h3-6,8H,7,9H2,1-2H3. The number of halogens is 3. The van der Waals surface area contributed by atoms with Gasteiger partial charge in [-0.1, -0.05) is 12.1 Å². The quantitative estimate of drug-likeness (QED) is 0.734. The Morgan fingerprint density at radius 3 is 2.38 bits per heavy atom. The van der Waals surface area contributed by atoms with E-state index in [-0.39, 0.29) is 0 Å². The molecule has 0 aliphatic carbocycles. The normalized spacial score (nSPS) is 11.9. The largest absolute Gasteiger partial charge is 0.416 e. The molecule has 0 amide bonds. The second-order valence-electron chi connectivity index (χ2n) is 5.54. The molecule has 0 unspecified atom stereocenters. The molecule has 0 spiro atoms. The highest BCUT2D eigenvalue weighted by atomic mass is 19.4. The molecule has 0 aliphatic heterocycles. The smallest absolute Gasteiger partial charge is 0.275 e. The molecule has 126 valence electrons. The Kier molecular flexibility index (Phi) is 4.08. The first-order valence-electron chi connectivity index (χ1n) is 7.23. The third-order valence-corrected chi connectivity index (χ3v) is 3.54. The van der Waals surface area contributed by atoms with Crippen molar-refractivity contribution in [1.29, 1.82) is 0 Å². The second-order valence-corrected chi connectivity index (χ2v) is 5.54. The van der Waals surface area contributed by atoms with Crippen LogP contribution in [0, 0.1) is 6.92 Å². The summed E-state index contributed by atoms with van der Waals surface area (Å²) in [7, 11) is 1.83. The number of rotatable bonds is 4. The van der Waals surface area contributed by atoms with Gasteiger partial charge >= 0.3 is 6.18 Å². The lowest BCUT2D eigenvalue weighted by atomic mass is 10.1. The number of alkyl halides is 3. The van der Waals surface area contributed by atoms with Gasteiger partial charge in [0.2, 0.25) is 0 Å². The maximum absolute atomic E-state index is 12.5. The van der Waals surface area contributed by atoms with Crippen molar-refractivity contribution in [3.63, 3.8) is 0 Å². The maximum atomic E-state index is 12.5. The number of benzene rings is 1. The van der Waals surface area contributed by atoms with E-state index in [0.29, 0.717) is 24.4 Å². The Hall–Kier alpha value is -2.71. The van der Waals surface area contributed by atoms with Crippen LogP contribution in [0.4, 0.5) is 13.2 Å². The summed E-state index contributed by atoms with van der Waals surface area (Å²) in [6.07, 6.45) is -2.12. The zero-order chi connectivity index (χ0) is 17.3. The molecule has 2 aromatic heterocycles. The first-order chi connectivity index (χ1) is 11.3. The van der Waals surface area contributed by atoms with Crippen LogP contribution in [0.2, 0.25) is 0 Å². The Labute approximate surface area is 135 Å². The van der Waals surface area contributed by atoms with Gasteiger partial charge in [-0.25, -0.2) is 0 Å². The van der Waals surface area contributed by atoms with Gasteiger partial charge in [-0.05, 0) is 35.4 Å². The predicted octanol–water partition coefficient (Wildman–Crippen LogP) is 2.37. The van der Waals surface area contributed by atoms with E-state index in [1.165, 1.54) is 16.9 Å². The topological polar surface area (TPSA) is 61.4 Å². The summed E-state index contributed by atoms with van der Waals surface area (Å²) in [5.74, 6) is 0.448. The molecule has 0 saturated heterocycles. The van der Waals surface area contributed by atoms with Gasteiger partial charge < -0.3 is 0 Å². The fourth-order valence-corrected chi connectivity index (χ4v) is 2.35. The monoisotopic (exact) mass is 336 g/mol. The van der Waals surface area contributed by atoms with E-state index in [2.05, 4.69) is 20.5 Å². The van der Waals surface area contributed by atoms with E-state index >= 15 is 0 Å². The predicted molar refractivity (Wildman–Crippen MR) is 79.1 cm³/mol. The molecular weight excluding hydrogens is 321 g/mol. The van der Waals surface area contributed by atoms with Crippen LogP contribution in [0.25, 0.3) is 0 Å². The lowest BCUT2D eigenvalue weighted by Crippen LogP contribution is -2.06. The number of aromatic nitrogens is 6. The van der Waals surface area contributed by atoms with Crippen molar-refractivity contribution < 1.29 is 13.2 Å². The molecule has 0 N–H and O–H groups in total. The van der Waals surface area contributed by atoms with Crippen molar-refractivity contribution in [3.8, 4) is 0 Å². The van der Waals surface area contributed by atoms with Crippen molar-refractivity contribution in [1.82, 2.24) is 30.0 Å². The van der Waals surface area contributed by atoms with Crippen LogP contribution in [-0.4, -0.2) is 30.0 Å². The summed E-state index contributed by atoms with van der Waals surface area (Å²) in [6, 6.07) is 4.95. The lowest BCUT2D eigenvalue weighted by molar-refractivity contribution is -0.137. The Balaban J connectivity index is 1.69. The Morgan fingerprint density at radius 2 is 1.79 bits per heavy atom. The van der Waals surface area contributed by atoms with Crippen LogP contribution in [0.5, 0.6) is 0 Å². The summed E-state index contributed by atoms with van der Waals surface area (Å²) in [6.45, 7) is 2.34. The third-order valence-electron chi connectivity index (χ3n) is 3.54. The Morgan fingerprint density at radius 1 is 1.08 bits per heavy atom. The van der Waals surface area contributed by atoms with Crippen molar-refractivity contribution >= 4 is 0 Å². The second kappa shape index (κ2) is 6.06. The minimum Gasteiger partial charge on any atom is -0.275 e. The van der Waals surface area contributed by atoms with Crippen LogP contribution < -0.4 is 0 Å². The molecule has 3 rings (SSSR count). The molecule has 3 aromatic rings. The summed E-state index contributed by atoms with van der Waals surface area (Å²) >= 11 is 0. The van der Waals surface area contributed by atoms with Crippen molar-refractivity contribution in [2.75, 3.05) is 0 Å². The molecule has 9 heteroatoms. The number of tetrazole rings is 1. The number of hydrogen-bond acceptors (Lipinski definition) is 4. The van der Waals surface area contributed by atoms with Crippen LogP contribution in [0.1, 0.15) is 28.2 Å². The van der Waals surface area contributed by atoms with Gasteiger partial charge in [-0.2, -0.15) is 23.1 Å². The van der Waals surface area contributed by atoms with Gasteiger partial charge in [0, 0.05) is 19.7 Å². The van der Waals surface area contributed by atoms with Crippen LogP contribution >= 0.6 is 0 Å². The van der Waals surface area contributed by atoms with Crippen LogP contribution in [-0.2, 0) is 26.2 Å². The summed E-state index contributed by atoms with van der Waals surface area (Å²) in [5, 5.41) is 16.5. The molecule has 2 heterocycles. The molecule has 6 nitrogen and oxygen atoms in total. The third kappa shape index (κ3) is 3.61. The van der Waals surface area contributed by atoms with Crippen LogP contribution in [0.3, 0.4) is 0 Å². The molecule has 24 heavy (non-hydrogen) atoms. The van der Waals surface area contributed by atoms with Gasteiger partial charge in [0.25, 0.3) is 0 Å². The SMILES string of the molecule is Cc1cn(C)nc1Cn1nnc(Cc2ccc(C(F)(F)F)cc2)n1. The Bertz CT molecular complexity index is 832. The van der Waals surface area contributed by atoms with Crippen molar-refractivity contribution in [2.24, 2.45) is 7.05 Å². The fourth-order valence-electron chi connectivity index (χ4n) is 2.35. The molecule has 0 aliphatic rings. The minimum absolute atomic E-state index is 0.319. The average molecular weight is 336 g/mol. The first kappa shape index (κ1) is 16.2.